The molecule has 2 saturated heterocycles. The van der Waals surface area contributed by atoms with Crippen LogP contribution < -0.4 is 10.1 Å². The Morgan fingerprint density at radius 3 is 1.99 bits per heavy atom. The Balaban J connectivity index is 1.06. The van der Waals surface area contributed by atoms with Crippen LogP contribution in [0.15, 0.2) is 128 Å². The van der Waals surface area contributed by atoms with Crippen molar-refractivity contribution in [1.82, 2.24) is 19.5 Å². The molecule has 2 aromatic heterocycles. The summed E-state index contributed by atoms with van der Waals surface area (Å²) in [4.78, 5) is 72.5. The van der Waals surface area contributed by atoms with E-state index >= 15 is 4.39 Å². The lowest BCUT2D eigenvalue weighted by atomic mass is 9.77. The van der Waals surface area contributed by atoms with Crippen molar-refractivity contribution in [3.63, 3.8) is 0 Å². The lowest BCUT2D eigenvalue weighted by Crippen LogP contribution is -2.56. The van der Waals surface area contributed by atoms with Crippen molar-refractivity contribution in [1.29, 1.82) is 0 Å². The zero-order valence-electron chi connectivity index (χ0n) is 42.6. The highest BCUT2D eigenvalue weighted by molar-refractivity contribution is 8.08. The molecule has 0 radical (unpaired) electrons. The average molecular weight is 1120 g/mol. The highest BCUT2D eigenvalue weighted by Gasteiger charge is 2.52. The number of carbonyl (C=O) groups is 3. The summed E-state index contributed by atoms with van der Waals surface area (Å²) in [5.74, 6) is -2.67. The number of carbonyl (C=O) groups excluding carboxylic acids is 3. The number of halogens is 1. The number of aromatic nitrogens is 4. The Bertz CT molecular complexity index is 2980. The van der Waals surface area contributed by atoms with Crippen molar-refractivity contribution in [3.8, 4) is 5.75 Å². The topological polar surface area (TPSA) is 257 Å². The van der Waals surface area contributed by atoms with Gasteiger partial charge in [-0.2, -0.15) is 0 Å². The molecule has 8 rings (SSSR count). The van der Waals surface area contributed by atoms with E-state index in [1.165, 1.54) is 24.3 Å². The quantitative estimate of drug-likeness (QED) is 0.0253. The first-order valence-electron chi connectivity index (χ1n) is 24.3. The van der Waals surface area contributed by atoms with Gasteiger partial charge in [0.25, 0.3) is 0 Å². The second kappa shape index (κ2) is 24.7. The fraction of sp³-hybridized carbons (Fsp3) is 0.385. The normalized spacial score (nSPS) is 24.5. The van der Waals surface area contributed by atoms with Gasteiger partial charge in [-0.15, -0.1) is 0 Å². The Morgan fingerprint density at radius 1 is 0.818 bits per heavy atom. The summed E-state index contributed by atoms with van der Waals surface area (Å²) in [7, 11) is -4.04. The number of phosphoric ester groups is 1. The average Bonchev–Trinajstić information content (AvgIpc) is 3.98. The van der Waals surface area contributed by atoms with Gasteiger partial charge < -0.3 is 52.8 Å². The number of fused-ring (bicyclic) bond motifs is 1. The second-order valence-corrected chi connectivity index (χ2v) is 22.7. The third kappa shape index (κ3) is 13.4. The molecule has 4 heterocycles. The summed E-state index contributed by atoms with van der Waals surface area (Å²) in [6, 6.07) is 36.5. The fourth-order valence-electron chi connectivity index (χ4n) is 9.38. The fourth-order valence-corrected chi connectivity index (χ4v) is 12.5. The molecule has 77 heavy (non-hydrogen) atoms. The second-order valence-electron chi connectivity index (χ2n) is 18.3. The van der Waals surface area contributed by atoms with Crippen LogP contribution in [0.2, 0.25) is 0 Å². The van der Waals surface area contributed by atoms with E-state index in [1.807, 2.05) is 91.0 Å². The van der Waals surface area contributed by atoms with Gasteiger partial charge in [0, 0.05) is 26.7 Å². The van der Waals surface area contributed by atoms with Gasteiger partial charge in [-0.25, -0.2) is 28.2 Å². The first kappa shape index (κ1) is 57.1. The lowest BCUT2D eigenvalue weighted by Gasteiger charge is -2.45. The van der Waals surface area contributed by atoms with Crippen LogP contribution in [0.5, 0.6) is 5.75 Å². The maximum Gasteiger partial charge on any atom is 0.481 e. The molecule has 410 valence electrons. The van der Waals surface area contributed by atoms with Crippen LogP contribution >= 0.6 is 14.5 Å². The summed E-state index contributed by atoms with van der Waals surface area (Å²) in [5, 5.41) is 3.72. The van der Waals surface area contributed by atoms with Crippen molar-refractivity contribution in [2.24, 2.45) is 11.8 Å². The van der Waals surface area contributed by atoms with Crippen molar-refractivity contribution in [2.45, 2.75) is 96.0 Å². The number of rotatable bonds is 22. The molecule has 0 aliphatic carbocycles. The Hall–Kier alpha value is -6.07. The Kier molecular flexibility index (Phi) is 18.3. The zero-order chi connectivity index (χ0) is 55.1. The van der Waals surface area contributed by atoms with Gasteiger partial charge in [-0.1, -0.05) is 117 Å². The van der Waals surface area contributed by atoms with E-state index < -0.39 is 112 Å². The molecular weight excluding hydrogens is 1060 g/mol. The van der Waals surface area contributed by atoms with Crippen LogP contribution in [0.4, 0.5) is 10.2 Å². The van der Waals surface area contributed by atoms with Gasteiger partial charge in [-0.05, 0) is 52.1 Å². The van der Waals surface area contributed by atoms with Crippen LogP contribution in [0.3, 0.4) is 0 Å². The molecule has 6 aromatic rings. The number of phosphoric acid groups is 1. The summed E-state index contributed by atoms with van der Waals surface area (Å²) in [6.45, 7) is 0.358. The van der Waals surface area contributed by atoms with Crippen LogP contribution in [0.25, 0.3) is 11.2 Å². The first-order valence-corrected chi connectivity index (χ1v) is 28.4. The minimum atomic E-state index is -5.56. The SMILES string of the molecule is COc1ccc(CO[C@H]2C(F)[C@@H](COP(O)(=S)OP(=O)(O)O[C@@H]3OC([C@@H](COC(C)=O)OC(C)=O)[C@@H](C)[C@H](C)C3OC(C)=O)O[C@H]2n2cnc3c(NC(c4ccccc4)(c4ccccc4)c4ccccc4)ncnc32)cc1. The molecule has 0 spiro atoms. The predicted octanol–water partition coefficient (Wildman–Crippen LogP) is 7.85. The standard InChI is InChI=1S/C52H58FN5O16P2S/c1-31-32(2)46(70-35(5)61)51(72-45(31)42(69-34(4)60)27-66-33(3)59)73-75(62,63)74-76(64,77)68-28-41-43(53)47(67-26-36-22-24-40(65-6)25-23-36)50(71-41)58-30-56-44-48(54-29-55-49(44)58)57-52(37-16-10-7-11-17-37,38-18-12-8-13-19-38)39-20-14-9-15-21-39/h7-25,29-32,41-43,45-47,50-51H,26-28H2,1-6H3,(H,62,63)(H,64,77)(H,54,55,57)/t31-,32-,41+,42+,43?,45?,46?,47-,50+,51-,76?/m0/s1. The maximum atomic E-state index is 17.1. The van der Waals surface area contributed by atoms with Crippen LogP contribution in [-0.4, -0.2) is 111 Å². The van der Waals surface area contributed by atoms with Gasteiger partial charge >= 0.3 is 32.4 Å². The van der Waals surface area contributed by atoms with Gasteiger partial charge in [0.2, 0.25) is 6.29 Å². The van der Waals surface area contributed by atoms with Crippen molar-refractivity contribution in [3.05, 3.63) is 150 Å². The number of esters is 3. The van der Waals surface area contributed by atoms with Gasteiger partial charge in [0.15, 0.2) is 41.6 Å². The third-order valence-electron chi connectivity index (χ3n) is 13.1. The molecule has 0 saturated carbocycles. The summed E-state index contributed by atoms with van der Waals surface area (Å²) < 4.78 is 88.1. The number of nitrogens with one attached hydrogen (secondary N) is 1. The zero-order valence-corrected chi connectivity index (χ0v) is 45.2. The summed E-state index contributed by atoms with van der Waals surface area (Å²) >= 11 is 5.17. The lowest BCUT2D eigenvalue weighted by molar-refractivity contribution is -0.270. The van der Waals surface area contributed by atoms with Crippen LogP contribution in [-0.2, 0) is 84.7 Å². The Morgan fingerprint density at radius 2 is 1.43 bits per heavy atom. The van der Waals surface area contributed by atoms with Crippen LogP contribution in [0, 0.1) is 11.8 Å². The molecule has 21 nitrogen and oxygen atoms in total. The summed E-state index contributed by atoms with van der Waals surface area (Å²) in [6.07, 6.45) is -9.21. The number of nitrogens with zero attached hydrogens (tertiary/aromatic N) is 4. The highest BCUT2D eigenvalue weighted by Crippen LogP contribution is 2.62. The van der Waals surface area contributed by atoms with E-state index in [4.69, 9.17) is 63.3 Å². The number of anilines is 1. The largest absolute Gasteiger partial charge is 0.497 e. The molecule has 2 aliphatic heterocycles. The van der Waals surface area contributed by atoms with Crippen molar-refractivity contribution < 1.29 is 79.6 Å². The van der Waals surface area contributed by atoms with E-state index in [0.717, 1.165) is 37.5 Å². The smallest absolute Gasteiger partial charge is 0.481 e. The minimum absolute atomic E-state index is 0.0992. The Labute approximate surface area is 448 Å². The van der Waals surface area contributed by atoms with Crippen molar-refractivity contribution in [2.75, 3.05) is 25.6 Å². The number of alkyl halides is 1. The molecule has 0 bridgehead atoms. The number of hydrogen-bond acceptors (Lipinski definition) is 19. The molecule has 0 amide bonds. The number of benzene rings is 4. The maximum absolute atomic E-state index is 17.1. The predicted molar refractivity (Wildman–Crippen MR) is 278 cm³/mol. The van der Waals surface area contributed by atoms with E-state index in [-0.39, 0.29) is 12.3 Å². The molecule has 25 heteroatoms. The van der Waals surface area contributed by atoms with Gasteiger partial charge in [0.05, 0.1) is 26.7 Å². The van der Waals surface area contributed by atoms with E-state index in [0.29, 0.717) is 22.6 Å². The number of ether oxygens (including phenoxy) is 7. The van der Waals surface area contributed by atoms with E-state index in [2.05, 4.69) is 15.3 Å². The molecule has 2 aliphatic rings. The molecule has 4 aromatic carbocycles. The van der Waals surface area contributed by atoms with Crippen LogP contribution in [0.1, 0.15) is 63.1 Å². The van der Waals surface area contributed by atoms with Gasteiger partial charge in [-0.3, -0.25) is 23.5 Å². The minimum Gasteiger partial charge on any atom is -0.497 e. The molecule has 12 atom stereocenters. The number of hydrogen-bond donors (Lipinski definition) is 3. The van der Waals surface area contributed by atoms with E-state index in [1.54, 1.807) is 38.1 Å². The molecule has 5 unspecified atom stereocenters. The highest BCUT2D eigenvalue weighted by atomic mass is 32.5. The monoisotopic (exact) mass is 1120 g/mol. The molecule has 3 N–H and O–H groups in total. The summed E-state index contributed by atoms with van der Waals surface area (Å²) in [5.41, 5.74) is 2.85. The van der Waals surface area contributed by atoms with Gasteiger partial charge in [0.1, 0.15) is 42.5 Å². The van der Waals surface area contributed by atoms with Crippen molar-refractivity contribution >= 4 is 61.2 Å². The third-order valence-corrected chi connectivity index (χ3v) is 16.6. The number of imidazole rings is 1. The van der Waals surface area contributed by atoms with E-state index in [9.17, 15) is 28.7 Å². The number of methoxy groups -OCH3 is 1. The molecule has 2 fully saturated rings. The molecular formula is C52H58FN5O16P2S. The first-order chi connectivity index (χ1) is 36.8.